The molecule has 6 aromatic rings. The fraction of sp³-hybridized carbons (Fsp3) is 0.255. The van der Waals surface area contributed by atoms with E-state index in [-0.39, 0.29) is 44.5 Å². The Hall–Kier alpha value is -7.77. The van der Waals surface area contributed by atoms with E-state index in [9.17, 15) is 39.0 Å². The summed E-state index contributed by atoms with van der Waals surface area (Å²) in [5.74, 6) is -5.92. The number of carboxylic acid groups (broad SMARTS) is 1. The van der Waals surface area contributed by atoms with E-state index in [0.29, 0.717) is 17.7 Å². The molecule has 0 saturated heterocycles. The van der Waals surface area contributed by atoms with Gasteiger partial charge in [0.25, 0.3) is 0 Å². The van der Waals surface area contributed by atoms with Crippen LogP contribution in [0.3, 0.4) is 0 Å². The van der Waals surface area contributed by atoms with Gasteiger partial charge in [0.1, 0.15) is 24.4 Å². The number of ketones is 2. The first-order valence-electron chi connectivity index (χ1n) is 22.7. The molecule has 5 N–H and O–H groups in total. The Morgan fingerprint density at radius 1 is 0.632 bits per heavy atom. The molecule has 1 aromatic heterocycles. The number of nitrogens with one attached hydrogen (secondary N) is 3. The van der Waals surface area contributed by atoms with E-state index < -0.39 is 72.5 Å². The number of benzene rings is 5. The van der Waals surface area contributed by atoms with Crippen LogP contribution in [-0.4, -0.2) is 81.8 Å². The maximum atomic E-state index is 14.8. The Morgan fingerprint density at radius 3 is 1.82 bits per heavy atom. The number of pyridine rings is 1. The number of aliphatic hydroxyl groups excluding tert-OH is 1. The molecule has 2 aliphatic rings. The third-order valence-corrected chi connectivity index (χ3v) is 12.1. The average Bonchev–Trinajstić information content (AvgIpc) is 3.36. The van der Waals surface area contributed by atoms with Gasteiger partial charge in [-0.3, -0.25) is 29.0 Å². The van der Waals surface area contributed by atoms with Crippen molar-refractivity contribution in [1.29, 1.82) is 0 Å². The molecule has 13 nitrogen and oxygen atoms in total. The molecule has 0 unspecified atom stereocenters. The van der Waals surface area contributed by atoms with Gasteiger partial charge in [-0.1, -0.05) is 121 Å². The zero-order chi connectivity index (χ0) is 47.8. The molecular formula is C55H54N4O9. The van der Waals surface area contributed by atoms with Crippen molar-refractivity contribution in [2.75, 3.05) is 13.2 Å². The lowest BCUT2D eigenvalue weighted by molar-refractivity contribution is -0.143. The fourth-order valence-electron chi connectivity index (χ4n) is 8.28. The molecule has 3 amide bonds. The summed E-state index contributed by atoms with van der Waals surface area (Å²) in [6, 6.07) is 40.9. The van der Waals surface area contributed by atoms with Crippen molar-refractivity contribution in [2.45, 2.75) is 63.1 Å². The summed E-state index contributed by atoms with van der Waals surface area (Å²) in [5, 5.41) is 27.6. The van der Waals surface area contributed by atoms with Crippen LogP contribution in [0.25, 0.3) is 22.3 Å². The minimum Gasteiger partial charge on any atom is -0.486 e. The molecule has 0 fully saturated rings. The summed E-state index contributed by atoms with van der Waals surface area (Å²) >= 11 is 0. The van der Waals surface area contributed by atoms with Crippen molar-refractivity contribution in [2.24, 2.45) is 11.8 Å². The maximum Gasteiger partial charge on any atom is 0.328 e. The maximum absolute atomic E-state index is 14.8. The van der Waals surface area contributed by atoms with Gasteiger partial charge in [0.15, 0.2) is 11.6 Å². The SMILES string of the molecule is O=C1COc2ccc(cc2)C[C@@H](C(=O)N[C@H](CO)C(=O)O)CC(=O)[C@H](CCc2ccccc2)NC(=O)[C@@H](Cc2ccc(-c3ccccc3)cc2)NC(=O)[C@H](Cc2ccc(-c3ccncc3)cc2)C1. The van der Waals surface area contributed by atoms with Crippen LogP contribution in [-0.2, 0) is 54.5 Å². The minimum absolute atomic E-state index is 0.00320. The molecule has 8 rings (SSSR count). The summed E-state index contributed by atoms with van der Waals surface area (Å²) < 4.78 is 5.88. The largest absolute Gasteiger partial charge is 0.486 e. The number of carbonyl (C=O) groups is 6. The number of carboxylic acids is 1. The smallest absolute Gasteiger partial charge is 0.328 e. The van der Waals surface area contributed by atoms with E-state index in [1.165, 1.54) is 0 Å². The van der Waals surface area contributed by atoms with Gasteiger partial charge in [0, 0.05) is 43.5 Å². The second kappa shape index (κ2) is 23.6. The highest BCUT2D eigenvalue weighted by molar-refractivity contribution is 5.96. The molecule has 0 spiro atoms. The lowest BCUT2D eigenvalue weighted by Crippen LogP contribution is -2.54. The van der Waals surface area contributed by atoms with E-state index in [1.54, 1.807) is 36.7 Å². The van der Waals surface area contributed by atoms with Crippen molar-refractivity contribution in [3.63, 3.8) is 0 Å². The van der Waals surface area contributed by atoms with Gasteiger partial charge in [0.2, 0.25) is 17.7 Å². The van der Waals surface area contributed by atoms with Crippen molar-refractivity contribution >= 4 is 35.3 Å². The quantitative estimate of drug-likeness (QED) is 0.0895. The zero-order valence-corrected chi connectivity index (χ0v) is 37.5. The van der Waals surface area contributed by atoms with Gasteiger partial charge in [-0.05, 0) is 94.5 Å². The topological polar surface area (TPSA) is 201 Å². The van der Waals surface area contributed by atoms with Gasteiger partial charge in [-0.15, -0.1) is 0 Å². The van der Waals surface area contributed by atoms with E-state index in [0.717, 1.165) is 38.9 Å². The van der Waals surface area contributed by atoms with Crippen LogP contribution in [0.5, 0.6) is 5.75 Å². The van der Waals surface area contributed by atoms with Gasteiger partial charge in [-0.25, -0.2) is 4.79 Å². The summed E-state index contributed by atoms with van der Waals surface area (Å²) in [5.41, 5.74) is 6.90. The predicted molar refractivity (Wildman–Crippen MR) is 256 cm³/mol. The first-order chi connectivity index (χ1) is 33.0. The average molecular weight is 915 g/mol. The fourth-order valence-corrected chi connectivity index (χ4v) is 8.28. The number of aromatic nitrogens is 1. The van der Waals surface area contributed by atoms with Gasteiger partial charge >= 0.3 is 5.97 Å². The third kappa shape index (κ3) is 13.6. The van der Waals surface area contributed by atoms with Crippen molar-refractivity contribution in [1.82, 2.24) is 20.9 Å². The van der Waals surface area contributed by atoms with Crippen molar-refractivity contribution in [3.8, 4) is 28.0 Å². The monoisotopic (exact) mass is 914 g/mol. The van der Waals surface area contributed by atoms with E-state index >= 15 is 0 Å². The molecule has 0 saturated carbocycles. The number of aryl methyl sites for hydroxylation is 1. The summed E-state index contributed by atoms with van der Waals surface area (Å²) in [4.78, 5) is 87.4. The Bertz CT molecular complexity index is 2650. The number of ether oxygens (including phenoxy) is 1. The Balaban J connectivity index is 1.23. The number of rotatable bonds is 13. The molecule has 2 aliphatic heterocycles. The van der Waals surface area contributed by atoms with Crippen LogP contribution in [0.4, 0.5) is 0 Å². The predicted octanol–water partition coefficient (Wildman–Crippen LogP) is 6.15. The first-order valence-corrected chi connectivity index (χ1v) is 22.7. The molecule has 348 valence electrons. The van der Waals surface area contributed by atoms with Gasteiger partial charge in [-0.2, -0.15) is 0 Å². The number of hydrogen-bond donors (Lipinski definition) is 5. The van der Waals surface area contributed by atoms with Gasteiger partial charge in [0.05, 0.1) is 12.6 Å². The number of aliphatic hydroxyl groups is 1. The molecule has 0 radical (unpaired) electrons. The van der Waals surface area contributed by atoms with Crippen LogP contribution in [0, 0.1) is 11.8 Å². The van der Waals surface area contributed by atoms with E-state index in [2.05, 4.69) is 20.9 Å². The standard InChI is InChI=1S/C55H54N4O9/c60-34-50(55(66)67)59-53(64)45-30-38-15-22-47(23-16-38)68-35-46(61)32-44(29-37-11-18-42(19-12-37)43-25-27-56-28-26-43)52(63)58-49(31-39-13-20-41(21-14-39)40-9-5-2-6-10-40)54(65)57-48(51(62)33-45)24-17-36-7-3-1-4-8-36/h1-16,18-23,25-28,44-45,48-50,60H,17,24,29-35H2,(H,57,65)(H,58,63)(H,59,64)(H,66,67)/t44-,45-,48+,49-,50-/m1/s1. The van der Waals surface area contributed by atoms with Crippen LogP contribution >= 0.6 is 0 Å². The third-order valence-electron chi connectivity index (χ3n) is 12.1. The van der Waals surface area contributed by atoms with Crippen molar-refractivity contribution < 1.29 is 43.7 Å². The highest BCUT2D eigenvalue weighted by Gasteiger charge is 2.34. The molecule has 68 heavy (non-hydrogen) atoms. The number of hydrogen-bond acceptors (Lipinski definition) is 9. The second-order valence-electron chi connectivity index (χ2n) is 17.1. The number of aliphatic carboxylic acids is 1. The highest BCUT2D eigenvalue weighted by Crippen LogP contribution is 2.25. The molecular weight excluding hydrogens is 861 g/mol. The summed E-state index contributed by atoms with van der Waals surface area (Å²) in [6.45, 7) is -1.22. The lowest BCUT2D eigenvalue weighted by Gasteiger charge is -2.26. The number of nitrogens with zero attached hydrogens (tertiary/aromatic N) is 1. The number of amides is 3. The zero-order valence-electron chi connectivity index (χ0n) is 37.5. The second-order valence-corrected chi connectivity index (χ2v) is 17.1. The molecule has 0 aliphatic carbocycles. The Morgan fingerprint density at radius 2 is 1.21 bits per heavy atom. The lowest BCUT2D eigenvalue weighted by atomic mass is 9.89. The molecule has 2 bridgehead atoms. The van der Waals surface area contributed by atoms with E-state index in [4.69, 9.17) is 4.74 Å². The molecule has 13 heteroatoms. The number of fused-ring (bicyclic) bond motifs is 16. The van der Waals surface area contributed by atoms with E-state index in [1.807, 2.05) is 121 Å². The Labute approximate surface area is 395 Å². The van der Waals surface area contributed by atoms with Crippen molar-refractivity contribution in [3.05, 3.63) is 180 Å². The first kappa shape index (κ1) is 48.2. The summed E-state index contributed by atoms with van der Waals surface area (Å²) in [6.07, 6.45) is 3.55. The van der Waals surface area contributed by atoms with Crippen LogP contribution in [0.2, 0.25) is 0 Å². The molecule has 3 heterocycles. The van der Waals surface area contributed by atoms with Crippen LogP contribution < -0.4 is 20.7 Å². The number of carbonyl (C=O) groups excluding carboxylic acids is 5. The number of Topliss-reactive ketones (excluding diaryl/α,β-unsaturated/α-hetero) is 2. The summed E-state index contributed by atoms with van der Waals surface area (Å²) in [7, 11) is 0. The van der Waals surface area contributed by atoms with Gasteiger partial charge < -0.3 is 30.9 Å². The normalized spacial score (nSPS) is 18.7. The minimum atomic E-state index is -1.61. The van der Waals surface area contributed by atoms with Crippen LogP contribution in [0.15, 0.2) is 158 Å². The highest BCUT2D eigenvalue weighted by atomic mass is 16.5. The molecule has 5 atom stereocenters. The Kier molecular flexibility index (Phi) is 16.7. The van der Waals surface area contributed by atoms with Crippen LogP contribution in [0.1, 0.15) is 41.5 Å². The molecule has 5 aromatic carbocycles.